The summed E-state index contributed by atoms with van der Waals surface area (Å²) < 4.78 is 11.5. The van der Waals surface area contributed by atoms with E-state index in [4.69, 9.17) is 15.2 Å². The molecule has 2 aromatic rings. The number of halogens is 1. The van der Waals surface area contributed by atoms with Crippen molar-refractivity contribution in [3.05, 3.63) is 58.1 Å². The van der Waals surface area contributed by atoms with Gasteiger partial charge in [-0.2, -0.15) is 0 Å². The summed E-state index contributed by atoms with van der Waals surface area (Å²) in [7, 11) is 1.62. The van der Waals surface area contributed by atoms with E-state index in [9.17, 15) is 4.79 Å². The first-order valence-corrected chi connectivity index (χ1v) is 6.74. The summed E-state index contributed by atoms with van der Waals surface area (Å²) in [5, 5.41) is 0. The Hall–Kier alpha value is -2.01. The summed E-state index contributed by atoms with van der Waals surface area (Å²) in [5.74, 6) is 0.900. The summed E-state index contributed by atoms with van der Waals surface area (Å²) >= 11 is 3.32. The lowest BCUT2D eigenvalue weighted by atomic mass is 10.2. The molecule has 0 unspecified atom stereocenters. The number of ether oxygens (including phenoxy) is 2. The molecule has 0 spiro atoms. The second-order valence-electron chi connectivity index (χ2n) is 4.18. The van der Waals surface area contributed by atoms with E-state index in [1.165, 1.54) is 0 Å². The maximum absolute atomic E-state index is 11.2. The van der Waals surface area contributed by atoms with Crippen LogP contribution in [0.1, 0.15) is 15.9 Å². The van der Waals surface area contributed by atoms with Crippen LogP contribution in [0.15, 0.2) is 46.9 Å². The van der Waals surface area contributed by atoms with Crippen LogP contribution in [0.25, 0.3) is 0 Å². The minimum Gasteiger partial charge on any atom is -0.497 e. The Morgan fingerprint density at radius 1 is 1.15 bits per heavy atom. The van der Waals surface area contributed by atoms with Crippen LogP contribution in [0.2, 0.25) is 0 Å². The Bertz CT molecular complexity index is 611. The number of rotatable bonds is 5. The van der Waals surface area contributed by atoms with E-state index in [2.05, 4.69) is 15.9 Å². The lowest BCUT2D eigenvalue weighted by molar-refractivity contribution is 0.0999. The van der Waals surface area contributed by atoms with Crippen molar-refractivity contribution in [3.8, 4) is 11.5 Å². The molecule has 0 atom stereocenters. The average molecular weight is 336 g/mol. The third-order valence-corrected chi connectivity index (χ3v) is 3.18. The molecule has 1 amide bonds. The molecule has 0 aliphatic rings. The molecule has 0 heterocycles. The van der Waals surface area contributed by atoms with Gasteiger partial charge in [-0.15, -0.1) is 0 Å². The van der Waals surface area contributed by atoms with Gasteiger partial charge in [0.1, 0.15) is 18.1 Å². The Morgan fingerprint density at radius 2 is 1.85 bits per heavy atom. The van der Waals surface area contributed by atoms with Crippen molar-refractivity contribution in [2.75, 3.05) is 7.11 Å². The van der Waals surface area contributed by atoms with Crippen LogP contribution < -0.4 is 15.2 Å². The number of hydrogen-bond acceptors (Lipinski definition) is 3. The fourth-order valence-corrected chi connectivity index (χ4v) is 2.15. The van der Waals surface area contributed by atoms with E-state index in [1.54, 1.807) is 25.3 Å². The summed E-state index contributed by atoms with van der Waals surface area (Å²) in [4.78, 5) is 11.2. The molecular weight excluding hydrogens is 322 g/mol. The van der Waals surface area contributed by atoms with Gasteiger partial charge in [0.15, 0.2) is 0 Å². The van der Waals surface area contributed by atoms with E-state index in [1.807, 2.05) is 24.3 Å². The highest BCUT2D eigenvalue weighted by Gasteiger charge is 2.05. The van der Waals surface area contributed by atoms with E-state index < -0.39 is 5.91 Å². The lowest BCUT2D eigenvalue weighted by Crippen LogP contribution is -2.11. The molecule has 0 bridgehead atoms. The first-order chi connectivity index (χ1) is 9.58. The molecule has 0 aromatic heterocycles. The molecule has 0 saturated heterocycles. The van der Waals surface area contributed by atoms with E-state index in [0.717, 1.165) is 15.8 Å². The third-order valence-electron chi connectivity index (χ3n) is 2.72. The number of primary amides is 1. The predicted octanol–water partition coefficient (Wildman–Crippen LogP) is 3.14. The van der Waals surface area contributed by atoms with Gasteiger partial charge in [0.25, 0.3) is 0 Å². The van der Waals surface area contributed by atoms with Crippen molar-refractivity contribution in [2.45, 2.75) is 6.61 Å². The number of benzene rings is 2. The Labute approximate surface area is 125 Å². The smallest absolute Gasteiger partial charge is 0.248 e. The fourth-order valence-electron chi connectivity index (χ4n) is 1.68. The highest BCUT2D eigenvalue weighted by Crippen LogP contribution is 2.22. The van der Waals surface area contributed by atoms with Gasteiger partial charge < -0.3 is 15.2 Å². The van der Waals surface area contributed by atoms with E-state index >= 15 is 0 Å². The lowest BCUT2D eigenvalue weighted by Gasteiger charge is -2.08. The quantitative estimate of drug-likeness (QED) is 0.912. The minimum atomic E-state index is -0.486. The number of amides is 1. The maximum Gasteiger partial charge on any atom is 0.248 e. The first kappa shape index (κ1) is 14.4. The molecule has 0 aliphatic carbocycles. The normalized spacial score (nSPS) is 10.1. The van der Waals surface area contributed by atoms with Crippen molar-refractivity contribution in [2.24, 2.45) is 5.73 Å². The number of nitrogens with two attached hydrogens (primary N) is 1. The maximum atomic E-state index is 11.2. The van der Waals surface area contributed by atoms with Gasteiger partial charge in [-0.25, -0.2) is 0 Å². The molecule has 0 saturated carbocycles. The molecule has 20 heavy (non-hydrogen) atoms. The summed E-state index contributed by atoms with van der Waals surface area (Å²) in [5.41, 5.74) is 6.67. The van der Waals surface area contributed by atoms with Crippen LogP contribution in [0.4, 0.5) is 0 Å². The zero-order valence-corrected chi connectivity index (χ0v) is 12.5. The fraction of sp³-hybridized carbons (Fsp3) is 0.133. The third kappa shape index (κ3) is 3.74. The molecular formula is C15H14BrNO3. The van der Waals surface area contributed by atoms with Crippen molar-refractivity contribution < 1.29 is 14.3 Å². The number of methoxy groups -OCH3 is 1. The summed E-state index contributed by atoms with van der Waals surface area (Å²) in [6.45, 7) is 0.401. The summed E-state index contributed by atoms with van der Waals surface area (Å²) in [6.07, 6.45) is 0. The number of carbonyl (C=O) groups excluding carboxylic acids is 1. The van der Waals surface area contributed by atoms with Crippen molar-refractivity contribution in [1.29, 1.82) is 0 Å². The molecule has 2 N–H and O–H groups in total. The predicted molar refractivity (Wildman–Crippen MR) is 80.0 cm³/mol. The highest BCUT2D eigenvalue weighted by atomic mass is 79.9. The van der Waals surface area contributed by atoms with Crippen LogP contribution in [0.5, 0.6) is 11.5 Å². The van der Waals surface area contributed by atoms with Gasteiger partial charge in [0, 0.05) is 10.0 Å². The molecule has 104 valence electrons. The summed E-state index contributed by atoms with van der Waals surface area (Å²) in [6, 6.07) is 12.6. The second kappa shape index (κ2) is 6.43. The first-order valence-electron chi connectivity index (χ1n) is 5.94. The highest BCUT2D eigenvalue weighted by molar-refractivity contribution is 9.10. The second-order valence-corrected chi connectivity index (χ2v) is 5.09. The zero-order valence-electron chi connectivity index (χ0n) is 10.9. The van der Waals surface area contributed by atoms with Crippen molar-refractivity contribution >= 4 is 21.8 Å². The Morgan fingerprint density at radius 3 is 2.45 bits per heavy atom. The van der Waals surface area contributed by atoms with Crippen LogP contribution >= 0.6 is 15.9 Å². The zero-order chi connectivity index (χ0) is 14.5. The molecule has 0 radical (unpaired) electrons. The molecule has 2 aromatic carbocycles. The number of carbonyl (C=O) groups is 1. The average Bonchev–Trinajstić information content (AvgIpc) is 2.45. The van der Waals surface area contributed by atoms with Gasteiger partial charge in [-0.05, 0) is 35.9 Å². The van der Waals surface area contributed by atoms with Crippen LogP contribution in [-0.2, 0) is 6.61 Å². The van der Waals surface area contributed by atoms with Gasteiger partial charge in [-0.1, -0.05) is 28.1 Å². The van der Waals surface area contributed by atoms with Gasteiger partial charge in [-0.3, -0.25) is 4.79 Å². The van der Waals surface area contributed by atoms with Crippen molar-refractivity contribution in [3.63, 3.8) is 0 Å². The number of hydrogen-bond donors (Lipinski definition) is 1. The Balaban J connectivity index is 2.08. The monoisotopic (exact) mass is 335 g/mol. The molecule has 0 fully saturated rings. The van der Waals surface area contributed by atoms with Crippen LogP contribution in [0, 0.1) is 0 Å². The van der Waals surface area contributed by atoms with Gasteiger partial charge >= 0.3 is 0 Å². The van der Waals surface area contributed by atoms with Crippen LogP contribution in [-0.4, -0.2) is 13.0 Å². The molecule has 5 heteroatoms. The largest absolute Gasteiger partial charge is 0.497 e. The van der Waals surface area contributed by atoms with Crippen molar-refractivity contribution in [1.82, 2.24) is 0 Å². The topological polar surface area (TPSA) is 61.6 Å². The minimum absolute atomic E-state index is 0.401. The molecule has 2 rings (SSSR count). The van der Waals surface area contributed by atoms with Gasteiger partial charge in [0.05, 0.1) is 7.11 Å². The SMILES string of the molecule is COc1ccc(COc2cc(Br)cc(C(N)=O)c2)cc1. The van der Waals surface area contributed by atoms with Gasteiger partial charge in [0.2, 0.25) is 5.91 Å². The van der Waals surface area contributed by atoms with E-state index in [0.29, 0.717) is 17.9 Å². The Kier molecular flexibility index (Phi) is 4.63. The molecule has 0 aliphatic heterocycles. The molecule has 4 nitrogen and oxygen atoms in total. The van der Waals surface area contributed by atoms with E-state index in [-0.39, 0.29) is 0 Å². The standard InChI is InChI=1S/C15H14BrNO3/c1-19-13-4-2-10(3-5-13)9-20-14-7-11(15(17)18)6-12(16)8-14/h2-8H,9H2,1H3,(H2,17,18). The van der Waals surface area contributed by atoms with Crippen LogP contribution in [0.3, 0.4) is 0 Å².